The number of rotatable bonds is 10. The van der Waals surface area contributed by atoms with Gasteiger partial charge in [0.15, 0.2) is 0 Å². The molecule has 3 nitrogen and oxygen atoms in total. The fourth-order valence-electron chi connectivity index (χ4n) is 2.71. The molecule has 0 bridgehead atoms. The van der Waals surface area contributed by atoms with Gasteiger partial charge in [0.05, 0.1) is 12.7 Å². The summed E-state index contributed by atoms with van der Waals surface area (Å²) in [5.74, 6) is 0. The van der Waals surface area contributed by atoms with Gasteiger partial charge in [-0.25, -0.2) is 0 Å². The summed E-state index contributed by atoms with van der Waals surface area (Å²) in [6, 6.07) is 18.4. The van der Waals surface area contributed by atoms with Gasteiger partial charge in [0, 0.05) is 6.54 Å². The van der Waals surface area contributed by atoms with Crippen molar-refractivity contribution in [3.63, 3.8) is 0 Å². The van der Waals surface area contributed by atoms with Gasteiger partial charge >= 0.3 is 0 Å². The fraction of sp³-hybridized carbons (Fsp3) is 0.429. The molecule has 2 atom stereocenters. The summed E-state index contributed by atoms with van der Waals surface area (Å²) in [4.78, 5) is 0. The van der Waals surface area contributed by atoms with E-state index in [0.29, 0.717) is 13.2 Å². The first-order valence-electron chi connectivity index (χ1n) is 8.83. The maximum Gasteiger partial charge on any atom is 0.108 e. The van der Waals surface area contributed by atoms with Crippen LogP contribution in [0.15, 0.2) is 54.6 Å². The molecule has 0 saturated heterocycles. The Bertz CT molecular complexity index is 585. The van der Waals surface area contributed by atoms with Gasteiger partial charge in [-0.3, -0.25) is 0 Å². The summed E-state index contributed by atoms with van der Waals surface area (Å²) < 4.78 is 6.12. The molecule has 130 valence electrons. The maximum atomic E-state index is 10.2. The Morgan fingerprint density at radius 1 is 1.04 bits per heavy atom. The van der Waals surface area contributed by atoms with E-state index >= 15 is 0 Å². The maximum absolute atomic E-state index is 10.2. The highest BCUT2D eigenvalue weighted by molar-refractivity contribution is 5.35. The summed E-state index contributed by atoms with van der Waals surface area (Å²) in [5.41, 5.74) is 3.45. The van der Waals surface area contributed by atoms with Gasteiger partial charge in [0.25, 0.3) is 0 Å². The monoisotopic (exact) mass is 327 g/mol. The van der Waals surface area contributed by atoms with E-state index < -0.39 is 6.10 Å². The Kier molecular flexibility index (Phi) is 7.96. The van der Waals surface area contributed by atoms with Crippen LogP contribution in [-0.2, 0) is 4.74 Å². The van der Waals surface area contributed by atoms with Gasteiger partial charge in [-0.15, -0.1) is 0 Å². The standard InChI is InChI=1S/C21H29NO2/c1-3-4-14-22-15-19(23)16-24-21(18-11-6-5-7-12-18)20-13-9-8-10-17(20)2/h5-13,19,21-23H,3-4,14-16H2,1-2H3. The Labute approximate surface area is 145 Å². The molecule has 0 aliphatic carbocycles. The molecule has 2 aromatic rings. The summed E-state index contributed by atoms with van der Waals surface area (Å²) in [7, 11) is 0. The first-order valence-corrected chi connectivity index (χ1v) is 8.83. The Hall–Kier alpha value is -1.68. The molecule has 24 heavy (non-hydrogen) atoms. The summed E-state index contributed by atoms with van der Waals surface area (Å²) in [5, 5.41) is 13.4. The second-order valence-electron chi connectivity index (χ2n) is 6.19. The van der Waals surface area contributed by atoms with Gasteiger partial charge in [0.1, 0.15) is 6.10 Å². The van der Waals surface area contributed by atoms with Crippen LogP contribution >= 0.6 is 0 Å². The minimum Gasteiger partial charge on any atom is -0.389 e. The molecular weight excluding hydrogens is 298 g/mol. The van der Waals surface area contributed by atoms with Crippen LogP contribution in [0.2, 0.25) is 0 Å². The number of aliphatic hydroxyl groups is 1. The number of aryl methyl sites for hydroxylation is 1. The van der Waals surface area contributed by atoms with Gasteiger partial charge in [-0.2, -0.15) is 0 Å². The average molecular weight is 327 g/mol. The second-order valence-corrected chi connectivity index (χ2v) is 6.19. The first kappa shape index (κ1) is 18.7. The minimum absolute atomic E-state index is 0.155. The molecule has 0 radical (unpaired) electrons. The third-order valence-corrected chi connectivity index (χ3v) is 4.12. The number of hydrogen-bond acceptors (Lipinski definition) is 3. The van der Waals surface area contributed by atoms with Crippen molar-refractivity contribution in [1.82, 2.24) is 5.32 Å². The van der Waals surface area contributed by atoms with Crippen molar-refractivity contribution in [3.05, 3.63) is 71.3 Å². The van der Waals surface area contributed by atoms with E-state index in [9.17, 15) is 5.11 Å². The molecule has 0 aliphatic heterocycles. The lowest BCUT2D eigenvalue weighted by Crippen LogP contribution is -2.31. The average Bonchev–Trinajstić information content (AvgIpc) is 2.61. The number of nitrogens with one attached hydrogen (secondary N) is 1. The van der Waals surface area contributed by atoms with E-state index in [2.05, 4.69) is 43.4 Å². The third kappa shape index (κ3) is 5.75. The normalized spacial score (nSPS) is 13.6. The summed E-state index contributed by atoms with van der Waals surface area (Å²) >= 11 is 0. The Morgan fingerprint density at radius 2 is 1.75 bits per heavy atom. The van der Waals surface area contributed by atoms with Gasteiger partial charge in [-0.1, -0.05) is 67.9 Å². The minimum atomic E-state index is -0.503. The van der Waals surface area contributed by atoms with Crippen molar-refractivity contribution in [1.29, 1.82) is 0 Å². The molecule has 0 aromatic heterocycles. The van der Waals surface area contributed by atoms with Crippen molar-refractivity contribution in [2.45, 2.75) is 38.9 Å². The molecule has 2 N–H and O–H groups in total. The predicted octanol–water partition coefficient (Wildman–Crippen LogP) is 3.85. The van der Waals surface area contributed by atoms with E-state index in [0.717, 1.165) is 30.5 Å². The number of ether oxygens (including phenoxy) is 1. The Morgan fingerprint density at radius 3 is 2.46 bits per heavy atom. The Balaban J connectivity index is 2.01. The molecule has 0 amide bonds. The summed E-state index contributed by atoms with van der Waals surface area (Å²) in [6.07, 6.45) is 1.63. The van der Waals surface area contributed by atoms with Crippen LogP contribution in [0.5, 0.6) is 0 Å². The SMILES string of the molecule is CCCCNCC(O)COC(c1ccccc1)c1ccccc1C. The molecular formula is C21H29NO2. The van der Waals surface area contributed by atoms with E-state index in [-0.39, 0.29) is 6.10 Å². The van der Waals surface area contributed by atoms with Crippen molar-refractivity contribution in [3.8, 4) is 0 Å². The highest BCUT2D eigenvalue weighted by atomic mass is 16.5. The van der Waals surface area contributed by atoms with Crippen molar-refractivity contribution in [2.24, 2.45) is 0 Å². The largest absolute Gasteiger partial charge is 0.389 e. The van der Waals surface area contributed by atoms with Crippen LogP contribution in [0.4, 0.5) is 0 Å². The quantitative estimate of drug-likeness (QED) is 0.651. The van der Waals surface area contributed by atoms with Crippen LogP contribution in [0.25, 0.3) is 0 Å². The van der Waals surface area contributed by atoms with Crippen LogP contribution in [-0.4, -0.2) is 30.9 Å². The molecule has 0 aliphatic rings. The lowest BCUT2D eigenvalue weighted by molar-refractivity contribution is 0.00644. The highest BCUT2D eigenvalue weighted by Crippen LogP contribution is 2.28. The van der Waals surface area contributed by atoms with E-state index in [1.165, 1.54) is 5.56 Å². The topological polar surface area (TPSA) is 41.5 Å². The molecule has 0 fully saturated rings. The van der Waals surface area contributed by atoms with E-state index in [1.54, 1.807) is 0 Å². The molecule has 0 heterocycles. The zero-order chi connectivity index (χ0) is 17.2. The predicted molar refractivity (Wildman–Crippen MR) is 99.2 cm³/mol. The number of benzene rings is 2. The summed E-state index contributed by atoms with van der Waals surface area (Å²) in [6.45, 7) is 6.07. The van der Waals surface area contributed by atoms with Crippen LogP contribution in [0.1, 0.15) is 42.6 Å². The molecule has 0 spiro atoms. The number of hydrogen-bond donors (Lipinski definition) is 2. The number of unbranched alkanes of at least 4 members (excludes halogenated alkanes) is 1. The molecule has 2 unspecified atom stereocenters. The molecule has 2 aromatic carbocycles. The van der Waals surface area contributed by atoms with Crippen molar-refractivity contribution >= 4 is 0 Å². The van der Waals surface area contributed by atoms with Crippen LogP contribution in [0, 0.1) is 6.92 Å². The second kappa shape index (κ2) is 10.2. The van der Waals surface area contributed by atoms with Gasteiger partial charge in [0.2, 0.25) is 0 Å². The smallest absolute Gasteiger partial charge is 0.108 e. The molecule has 0 saturated carbocycles. The number of aliphatic hydroxyl groups excluding tert-OH is 1. The highest BCUT2D eigenvalue weighted by Gasteiger charge is 2.18. The fourth-order valence-corrected chi connectivity index (χ4v) is 2.71. The zero-order valence-electron chi connectivity index (χ0n) is 14.7. The van der Waals surface area contributed by atoms with E-state index in [4.69, 9.17) is 4.74 Å². The lowest BCUT2D eigenvalue weighted by Gasteiger charge is -2.22. The molecule has 2 rings (SSSR count). The lowest BCUT2D eigenvalue weighted by atomic mass is 9.97. The van der Waals surface area contributed by atoms with Crippen molar-refractivity contribution < 1.29 is 9.84 Å². The first-order chi connectivity index (χ1) is 11.7. The van der Waals surface area contributed by atoms with E-state index in [1.807, 2.05) is 30.3 Å². The van der Waals surface area contributed by atoms with Gasteiger partial charge in [-0.05, 0) is 36.6 Å². The van der Waals surface area contributed by atoms with Crippen molar-refractivity contribution in [2.75, 3.05) is 19.7 Å². The molecule has 3 heteroatoms. The van der Waals surface area contributed by atoms with Gasteiger partial charge < -0.3 is 15.2 Å². The third-order valence-electron chi connectivity index (χ3n) is 4.12. The van der Waals surface area contributed by atoms with Crippen LogP contribution in [0.3, 0.4) is 0 Å². The van der Waals surface area contributed by atoms with Crippen LogP contribution < -0.4 is 5.32 Å². The zero-order valence-corrected chi connectivity index (χ0v) is 14.7.